The van der Waals surface area contributed by atoms with Gasteiger partial charge in [-0.3, -0.25) is 9.59 Å². The standard InChI is InChI=1S/C64H121NO5/c1-3-5-7-9-11-13-15-16-17-18-25-29-32-35-38-42-46-50-54-58-64(69)70-59-55-51-47-43-39-36-33-30-27-24-22-20-19-21-23-26-28-31-34-37-41-45-49-53-57-63(68)65-61(60-66)62(67)56-52-48-44-40-14-12-10-8-6-4-2/h11,13,16-17,52,56,61-62,66-67H,3-10,12,14-15,18-51,53-55,57-60H2,1-2H3,(H,65,68)/b13-11-,17-16-,56-52+. The van der Waals surface area contributed by atoms with E-state index in [-0.39, 0.29) is 18.5 Å². The van der Waals surface area contributed by atoms with Gasteiger partial charge in [-0.1, -0.05) is 294 Å². The van der Waals surface area contributed by atoms with Crippen molar-refractivity contribution in [2.45, 2.75) is 347 Å². The summed E-state index contributed by atoms with van der Waals surface area (Å²) >= 11 is 0. The number of amides is 1. The summed E-state index contributed by atoms with van der Waals surface area (Å²) in [6.07, 6.45) is 74.8. The summed E-state index contributed by atoms with van der Waals surface area (Å²) in [6.45, 7) is 4.87. The van der Waals surface area contributed by atoms with Gasteiger partial charge in [-0.25, -0.2) is 0 Å². The largest absolute Gasteiger partial charge is 0.466 e. The van der Waals surface area contributed by atoms with E-state index in [0.29, 0.717) is 19.4 Å². The Hall–Kier alpha value is -1.92. The first-order valence-electron chi connectivity index (χ1n) is 31.3. The third-order valence-electron chi connectivity index (χ3n) is 14.4. The molecule has 0 aliphatic rings. The summed E-state index contributed by atoms with van der Waals surface area (Å²) in [5, 5.41) is 23.0. The van der Waals surface area contributed by atoms with Crippen molar-refractivity contribution < 1.29 is 24.5 Å². The quantitative estimate of drug-likeness (QED) is 0.0321. The lowest BCUT2D eigenvalue weighted by Crippen LogP contribution is -2.45. The van der Waals surface area contributed by atoms with Crippen molar-refractivity contribution in [2.75, 3.05) is 13.2 Å². The first-order chi connectivity index (χ1) is 34.5. The first-order valence-corrected chi connectivity index (χ1v) is 31.3. The Bertz CT molecular complexity index is 1130. The van der Waals surface area contributed by atoms with Crippen LogP contribution >= 0.6 is 0 Å². The number of hydrogen-bond donors (Lipinski definition) is 3. The molecule has 2 unspecified atom stereocenters. The van der Waals surface area contributed by atoms with Gasteiger partial charge >= 0.3 is 5.97 Å². The molecule has 2 atom stereocenters. The number of aliphatic hydroxyl groups excluding tert-OH is 2. The molecule has 0 aromatic heterocycles. The van der Waals surface area contributed by atoms with E-state index in [1.807, 2.05) is 6.08 Å². The molecule has 0 saturated carbocycles. The summed E-state index contributed by atoms with van der Waals surface area (Å²) in [6, 6.07) is -0.625. The van der Waals surface area contributed by atoms with E-state index in [9.17, 15) is 19.8 Å². The molecule has 70 heavy (non-hydrogen) atoms. The van der Waals surface area contributed by atoms with Crippen LogP contribution in [0.15, 0.2) is 36.5 Å². The molecule has 0 heterocycles. The van der Waals surface area contributed by atoms with Gasteiger partial charge in [0.05, 0.1) is 25.4 Å². The van der Waals surface area contributed by atoms with Crippen molar-refractivity contribution in [1.29, 1.82) is 0 Å². The van der Waals surface area contributed by atoms with Gasteiger partial charge in [0.15, 0.2) is 0 Å². The number of allylic oxidation sites excluding steroid dienone is 5. The van der Waals surface area contributed by atoms with Crippen molar-refractivity contribution >= 4 is 11.9 Å². The summed E-state index contributed by atoms with van der Waals surface area (Å²) in [5.41, 5.74) is 0. The van der Waals surface area contributed by atoms with Crippen molar-refractivity contribution in [3.05, 3.63) is 36.5 Å². The van der Waals surface area contributed by atoms with E-state index in [2.05, 4.69) is 43.5 Å². The van der Waals surface area contributed by atoms with Gasteiger partial charge in [-0.2, -0.15) is 0 Å². The molecule has 0 aliphatic carbocycles. The topological polar surface area (TPSA) is 95.9 Å². The normalized spacial score (nSPS) is 12.8. The molecule has 0 bridgehead atoms. The monoisotopic (exact) mass is 984 g/mol. The summed E-state index contributed by atoms with van der Waals surface area (Å²) in [7, 11) is 0. The molecule has 0 aliphatic heterocycles. The maximum absolute atomic E-state index is 12.4. The van der Waals surface area contributed by atoms with E-state index in [4.69, 9.17) is 4.74 Å². The molecule has 0 fully saturated rings. The number of aliphatic hydroxyl groups is 2. The lowest BCUT2D eigenvalue weighted by molar-refractivity contribution is -0.143. The van der Waals surface area contributed by atoms with E-state index in [1.165, 1.54) is 257 Å². The first kappa shape index (κ1) is 68.1. The van der Waals surface area contributed by atoms with Crippen molar-refractivity contribution in [1.82, 2.24) is 5.32 Å². The van der Waals surface area contributed by atoms with Crippen LogP contribution in [0.1, 0.15) is 335 Å². The number of unbranched alkanes of at least 4 members (excludes halogenated alkanes) is 43. The maximum Gasteiger partial charge on any atom is 0.305 e. The molecule has 0 aromatic carbocycles. The van der Waals surface area contributed by atoms with E-state index < -0.39 is 12.1 Å². The molecule has 0 aromatic rings. The molecule has 6 nitrogen and oxygen atoms in total. The van der Waals surface area contributed by atoms with Gasteiger partial charge in [-0.05, 0) is 64.2 Å². The number of carbonyl (C=O) groups excluding carboxylic acids is 2. The zero-order chi connectivity index (χ0) is 50.7. The molecular weight excluding hydrogens is 863 g/mol. The van der Waals surface area contributed by atoms with Gasteiger partial charge in [0.1, 0.15) is 0 Å². The Labute approximate surface area is 436 Å². The molecule has 0 radical (unpaired) electrons. The Morgan fingerprint density at radius 3 is 1.11 bits per heavy atom. The fourth-order valence-corrected chi connectivity index (χ4v) is 9.61. The van der Waals surface area contributed by atoms with Gasteiger partial charge in [0.2, 0.25) is 5.91 Å². The highest BCUT2D eigenvalue weighted by Crippen LogP contribution is 2.17. The molecule has 412 valence electrons. The van der Waals surface area contributed by atoms with Crippen LogP contribution in [0, 0.1) is 0 Å². The maximum atomic E-state index is 12.4. The molecule has 0 saturated heterocycles. The molecular formula is C64H121NO5. The molecule has 1 amide bonds. The van der Waals surface area contributed by atoms with Crippen LogP contribution in [-0.4, -0.2) is 47.4 Å². The van der Waals surface area contributed by atoms with Crippen molar-refractivity contribution in [2.24, 2.45) is 0 Å². The highest BCUT2D eigenvalue weighted by molar-refractivity contribution is 5.76. The fraction of sp³-hybridized carbons (Fsp3) is 0.875. The van der Waals surface area contributed by atoms with Gasteiger partial charge < -0.3 is 20.3 Å². The second-order valence-electron chi connectivity index (χ2n) is 21.4. The van der Waals surface area contributed by atoms with Crippen LogP contribution in [0.3, 0.4) is 0 Å². The number of carbonyl (C=O) groups is 2. The third kappa shape index (κ3) is 55.4. The van der Waals surface area contributed by atoms with E-state index in [1.54, 1.807) is 6.08 Å². The predicted molar refractivity (Wildman–Crippen MR) is 306 cm³/mol. The minimum Gasteiger partial charge on any atom is -0.466 e. The Kier molecular flexibility index (Phi) is 58.0. The smallest absolute Gasteiger partial charge is 0.305 e. The van der Waals surface area contributed by atoms with E-state index in [0.717, 1.165) is 51.4 Å². The highest BCUT2D eigenvalue weighted by Gasteiger charge is 2.18. The number of ether oxygens (including phenoxy) is 1. The molecule has 0 spiro atoms. The van der Waals surface area contributed by atoms with Gasteiger partial charge in [0.25, 0.3) is 0 Å². The lowest BCUT2D eigenvalue weighted by Gasteiger charge is -2.20. The van der Waals surface area contributed by atoms with Crippen molar-refractivity contribution in [3.8, 4) is 0 Å². The summed E-state index contributed by atoms with van der Waals surface area (Å²) in [5.74, 6) is -0.0571. The second-order valence-corrected chi connectivity index (χ2v) is 21.4. The molecule has 6 heteroatoms. The SMILES string of the molecule is CCCCC/C=C\C/C=C\CCCCCCCCCCCC(=O)OCCCCCCCCCCCCCCCCCCCCCCCCCCC(=O)NC(CO)C(O)/C=C/CCCCCCCCCC. The second kappa shape index (κ2) is 59.6. The number of rotatable bonds is 58. The van der Waals surface area contributed by atoms with Crippen molar-refractivity contribution in [3.63, 3.8) is 0 Å². The van der Waals surface area contributed by atoms with Crippen LogP contribution in [0.4, 0.5) is 0 Å². The summed E-state index contributed by atoms with van der Waals surface area (Å²) in [4.78, 5) is 24.5. The average Bonchev–Trinajstić information content (AvgIpc) is 3.36. The third-order valence-corrected chi connectivity index (χ3v) is 14.4. The Balaban J connectivity index is 3.34. The molecule has 0 rings (SSSR count). The van der Waals surface area contributed by atoms with Gasteiger partial charge in [0, 0.05) is 12.8 Å². The number of hydrogen-bond acceptors (Lipinski definition) is 5. The van der Waals surface area contributed by atoms with Gasteiger partial charge in [-0.15, -0.1) is 0 Å². The molecule has 3 N–H and O–H groups in total. The zero-order valence-electron chi connectivity index (χ0n) is 47.0. The minimum atomic E-state index is -0.842. The minimum absolute atomic E-state index is 0.0111. The number of esters is 1. The zero-order valence-corrected chi connectivity index (χ0v) is 47.0. The Morgan fingerprint density at radius 1 is 0.400 bits per heavy atom. The van der Waals surface area contributed by atoms with Crippen LogP contribution in [0.25, 0.3) is 0 Å². The van der Waals surface area contributed by atoms with Crippen LogP contribution in [-0.2, 0) is 14.3 Å². The van der Waals surface area contributed by atoms with Crippen LogP contribution in [0.2, 0.25) is 0 Å². The summed E-state index contributed by atoms with van der Waals surface area (Å²) < 4.78 is 5.50. The number of nitrogens with one attached hydrogen (secondary N) is 1. The lowest BCUT2D eigenvalue weighted by atomic mass is 10.0. The highest BCUT2D eigenvalue weighted by atomic mass is 16.5. The van der Waals surface area contributed by atoms with Crippen LogP contribution in [0.5, 0.6) is 0 Å². The van der Waals surface area contributed by atoms with E-state index >= 15 is 0 Å². The predicted octanol–water partition coefficient (Wildman–Crippen LogP) is 19.6. The fourth-order valence-electron chi connectivity index (χ4n) is 9.61. The Morgan fingerprint density at radius 2 is 0.714 bits per heavy atom. The van der Waals surface area contributed by atoms with Crippen LogP contribution < -0.4 is 5.32 Å². The average molecular weight is 985 g/mol.